The van der Waals surface area contributed by atoms with Crippen molar-refractivity contribution in [3.8, 4) is 5.75 Å². The summed E-state index contributed by atoms with van der Waals surface area (Å²) in [7, 11) is -6.11. The number of sulfone groups is 1. The van der Waals surface area contributed by atoms with E-state index in [1.165, 1.54) is 19.2 Å². The number of hydrogen-bond acceptors (Lipinski definition) is 6. The molecule has 1 aliphatic rings. The minimum absolute atomic E-state index is 0.0773. The second-order valence-electron chi connectivity index (χ2n) is 5.12. The van der Waals surface area contributed by atoms with Gasteiger partial charge in [0.05, 0.1) is 23.4 Å². The van der Waals surface area contributed by atoms with Crippen LogP contribution in [0.25, 0.3) is 0 Å². The molecule has 0 fully saturated rings. The molecule has 24 heavy (non-hydrogen) atoms. The number of sulfonamides is 1. The summed E-state index contributed by atoms with van der Waals surface area (Å²) in [6.07, 6.45) is 1.06. The number of methoxy groups -OCH3 is 1. The highest BCUT2D eigenvalue weighted by atomic mass is 32.2. The summed E-state index contributed by atoms with van der Waals surface area (Å²) >= 11 is 0. The molecule has 126 valence electrons. The number of rotatable bonds is 4. The summed E-state index contributed by atoms with van der Waals surface area (Å²) in [6, 6.07) is 10.6. The van der Waals surface area contributed by atoms with Crippen molar-refractivity contribution >= 4 is 31.9 Å². The van der Waals surface area contributed by atoms with Crippen molar-refractivity contribution in [3.63, 3.8) is 0 Å². The first-order chi connectivity index (χ1) is 11.3. The molecule has 0 spiro atoms. The van der Waals surface area contributed by atoms with Crippen molar-refractivity contribution < 1.29 is 21.6 Å². The molecule has 3 rings (SSSR count). The fourth-order valence-corrected chi connectivity index (χ4v) is 4.73. The molecule has 0 aromatic heterocycles. The van der Waals surface area contributed by atoms with E-state index in [2.05, 4.69) is 9.71 Å². The molecule has 9 heteroatoms. The maximum Gasteiger partial charge on any atom is 0.285 e. The van der Waals surface area contributed by atoms with E-state index in [1.807, 2.05) is 0 Å². The first-order valence-electron chi connectivity index (χ1n) is 6.87. The number of nitrogens with one attached hydrogen (secondary N) is 1. The van der Waals surface area contributed by atoms with Crippen molar-refractivity contribution in [2.24, 2.45) is 4.40 Å². The van der Waals surface area contributed by atoms with Gasteiger partial charge in [0.1, 0.15) is 17.0 Å². The van der Waals surface area contributed by atoms with Crippen molar-refractivity contribution in [1.82, 2.24) is 0 Å². The van der Waals surface area contributed by atoms with Gasteiger partial charge in [-0.25, -0.2) is 8.42 Å². The first kappa shape index (κ1) is 16.5. The van der Waals surface area contributed by atoms with E-state index in [0.29, 0.717) is 17.0 Å². The van der Waals surface area contributed by atoms with E-state index in [9.17, 15) is 16.8 Å². The van der Waals surface area contributed by atoms with Crippen LogP contribution in [0.15, 0.2) is 56.7 Å². The molecule has 2 aromatic carbocycles. The molecule has 0 saturated carbocycles. The van der Waals surface area contributed by atoms with Crippen LogP contribution < -0.4 is 10.1 Å². The molecule has 1 N–H and O–H groups in total. The summed E-state index contributed by atoms with van der Waals surface area (Å²) in [5.41, 5.74) is 0.844. The lowest BCUT2D eigenvalue weighted by Crippen LogP contribution is -2.13. The maximum atomic E-state index is 12.6. The number of nitrogens with zero attached hydrogens (tertiary/aromatic N) is 1. The zero-order chi connectivity index (χ0) is 17.4. The van der Waals surface area contributed by atoms with Gasteiger partial charge in [0, 0.05) is 0 Å². The molecule has 7 nitrogen and oxygen atoms in total. The zero-order valence-electron chi connectivity index (χ0n) is 12.6. The Morgan fingerprint density at radius 2 is 1.96 bits per heavy atom. The van der Waals surface area contributed by atoms with Crippen LogP contribution in [-0.2, 0) is 25.6 Å². The lowest BCUT2D eigenvalue weighted by molar-refractivity contribution is 0.414. The predicted molar refractivity (Wildman–Crippen MR) is 89.6 cm³/mol. The Hall–Kier alpha value is -2.39. The molecular formula is C15H14N2O5S2. The average molecular weight is 366 g/mol. The molecule has 2 aromatic rings. The Bertz CT molecular complexity index is 1030. The van der Waals surface area contributed by atoms with Crippen LogP contribution >= 0.6 is 0 Å². The van der Waals surface area contributed by atoms with Crippen LogP contribution in [0.4, 0.5) is 5.69 Å². The quantitative estimate of drug-likeness (QED) is 0.885. The average Bonchev–Trinajstić information content (AvgIpc) is 2.54. The largest absolute Gasteiger partial charge is 0.497 e. The van der Waals surface area contributed by atoms with Crippen LogP contribution in [0.3, 0.4) is 0 Å². The van der Waals surface area contributed by atoms with Gasteiger partial charge in [0.2, 0.25) is 0 Å². The molecule has 0 unspecified atom stereocenters. The summed E-state index contributed by atoms with van der Waals surface area (Å²) in [6.45, 7) is 0. The topological polar surface area (TPSA) is 102 Å². The van der Waals surface area contributed by atoms with Gasteiger partial charge in [0.15, 0.2) is 9.84 Å². The van der Waals surface area contributed by atoms with Gasteiger partial charge in [0.25, 0.3) is 10.0 Å². The highest BCUT2D eigenvalue weighted by molar-refractivity contribution is 7.91. The Morgan fingerprint density at radius 1 is 1.17 bits per heavy atom. The Kier molecular flexibility index (Phi) is 4.06. The second-order valence-corrected chi connectivity index (χ2v) is 8.71. The molecule has 0 radical (unpaired) electrons. The van der Waals surface area contributed by atoms with Gasteiger partial charge in [-0.2, -0.15) is 8.42 Å². The van der Waals surface area contributed by atoms with Gasteiger partial charge in [-0.1, -0.05) is 12.1 Å². The van der Waals surface area contributed by atoms with Gasteiger partial charge in [-0.15, -0.1) is 4.40 Å². The lowest BCUT2D eigenvalue weighted by Gasteiger charge is -2.14. The fraction of sp³-hybridized carbons (Fsp3) is 0.133. The highest BCUT2D eigenvalue weighted by Crippen LogP contribution is 2.29. The predicted octanol–water partition coefficient (Wildman–Crippen LogP) is 1.81. The molecule has 0 aliphatic carbocycles. The molecule has 0 saturated heterocycles. The van der Waals surface area contributed by atoms with Crippen LogP contribution in [0.5, 0.6) is 5.75 Å². The van der Waals surface area contributed by atoms with E-state index in [0.717, 1.165) is 12.4 Å². The number of anilines is 1. The van der Waals surface area contributed by atoms with Crippen molar-refractivity contribution in [3.05, 3.63) is 48.0 Å². The van der Waals surface area contributed by atoms with Gasteiger partial charge >= 0.3 is 0 Å². The molecular weight excluding hydrogens is 352 g/mol. The van der Waals surface area contributed by atoms with E-state index in [4.69, 9.17) is 4.74 Å². The summed E-state index contributed by atoms with van der Waals surface area (Å²) in [5, 5.41) is 2.68. The van der Waals surface area contributed by atoms with Gasteiger partial charge in [-0.05, 0) is 35.9 Å². The number of benzene rings is 2. The Balaban J connectivity index is 1.99. The fourth-order valence-electron chi connectivity index (χ4n) is 2.32. The van der Waals surface area contributed by atoms with Crippen LogP contribution in [-0.4, -0.2) is 30.3 Å². The summed E-state index contributed by atoms with van der Waals surface area (Å²) in [4.78, 5) is -0.233. The molecule has 0 bridgehead atoms. The highest BCUT2D eigenvalue weighted by Gasteiger charge is 2.24. The summed E-state index contributed by atoms with van der Waals surface area (Å²) in [5.74, 6) is 0.286. The van der Waals surface area contributed by atoms with E-state index < -0.39 is 19.9 Å². The third-order valence-corrected chi connectivity index (χ3v) is 6.45. The van der Waals surface area contributed by atoms with Crippen LogP contribution in [0.2, 0.25) is 0 Å². The molecule has 0 atom stereocenters. The van der Waals surface area contributed by atoms with Crippen molar-refractivity contribution in [2.45, 2.75) is 15.5 Å². The van der Waals surface area contributed by atoms with Gasteiger partial charge in [-0.3, -0.25) is 0 Å². The van der Waals surface area contributed by atoms with Crippen LogP contribution in [0.1, 0.15) is 5.56 Å². The molecule has 1 heterocycles. The van der Waals surface area contributed by atoms with Crippen LogP contribution in [0, 0.1) is 0 Å². The zero-order valence-corrected chi connectivity index (χ0v) is 14.3. The minimum atomic E-state index is -3.89. The lowest BCUT2D eigenvalue weighted by atomic mass is 10.2. The SMILES string of the molecule is COc1cccc(CS(=O)(=O)c2ccc3c(c2)S(=O)(=O)N=CN3)c1. The number of ether oxygens (including phenoxy) is 1. The van der Waals surface area contributed by atoms with E-state index >= 15 is 0 Å². The molecule has 1 aliphatic heterocycles. The smallest absolute Gasteiger partial charge is 0.285 e. The van der Waals surface area contributed by atoms with Gasteiger partial charge < -0.3 is 10.1 Å². The Morgan fingerprint density at radius 3 is 2.71 bits per heavy atom. The first-order valence-corrected chi connectivity index (χ1v) is 9.96. The van der Waals surface area contributed by atoms with E-state index in [-0.39, 0.29) is 15.5 Å². The third-order valence-electron chi connectivity index (χ3n) is 3.49. The standard InChI is InChI=1S/C15H14N2O5S2/c1-22-12-4-2-3-11(7-12)9-23(18,19)13-5-6-14-15(8-13)24(20,21)17-10-16-14/h2-8,10H,9H2,1H3,(H,16,17). The maximum absolute atomic E-state index is 12.6. The number of fused-ring (bicyclic) bond motifs is 1. The summed E-state index contributed by atoms with van der Waals surface area (Å²) < 4.78 is 57.5. The van der Waals surface area contributed by atoms with Crippen molar-refractivity contribution in [2.75, 3.05) is 12.4 Å². The molecule has 0 amide bonds. The monoisotopic (exact) mass is 366 g/mol. The van der Waals surface area contributed by atoms with Crippen molar-refractivity contribution in [1.29, 1.82) is 0 Å². The minimum Gasteiger partial charge on any atom is -0.497 e. The second kappa shape index (κ2) is 5.91. The normalized spacial score (nSPS) is 15.4. The number of hydrogen-bond donors (Lipinski definition) is 1. The Labute approximate surface area is 140 Å². The van der Waals surface area contributed by atoms with E-state index in [1.54, 1.807) is 24.3 Å². The third kappa shape index (κ3) is 3.13.